The molecule has 2 N–H and O–H groups in total. The molecule has 8 nitrogen and oxygen atoms in total. The lowest BCUT2D eigenvalue weighted by Crippen LogP contribution is -2.34. The highest BCUT2D eigenvalue weighted by molar-refractivity contribution is 5.68. The molecule has 0 spiro atoms. The SMILES string of the molecule is CNc1ncnc(NCC(C)(C)CN(C)C)c1[N+](=O)[O-]. The van der Waals surface area contributed by atoms with Crippen molar-refractivity contribution in [3.8, 4) is 0 Å². The minimum Gasteiger partial charge on any atom is -0.367 e. The summed E-state index contributed by atoms with van der Waals surface area (Å²) in [7, 11) is 5.58. The molecule has 0 atom stereocenters. The van der Waals surface area contributed by atoms with Gasteiger partial charge in [-0.15, -0.1) is 0 Å². The van der Waals surface area contributed by atoms with Crippen LogP contribution in [-0.4, -0.2) is 54.0 Å². The minimum absolute atomic E-state index is 0.0396. The van der Waals surface area contributed by atoms with Gasteiger partial charge in [0.1, 0.15) is 6.33 Å². The van der Waals surface area contributed by atoms with Crippen molar-refractivity contribution in [2.45, 2.75) is 13.8 Å². The molecule has 0 fully saturated rings. The summed E-state index contributed by atoms with van der Waals surface area (Å²) >= 11 is 0. The predicted molar refractivity (Wildman–Crippen MR) is 79.1 cm³/mol. The normalized spacial score (nSPS) is 11.5. The second kappa shape index (κ2) is 6.47. The third kappa shape index (κ3) is 4.30. The van der Waals surface area contributed by atoms with Crippen molar-refractivity contribution in [3.05, 3.63) is 16.4 Å². The van der Waals surface area contributed by atoms with Gasteiger partial charge in [0.05, 0.1) is 4.92 Å². The fourth-order valence-electron chi connectivity index (χ4n) is 2.10. The summed E-state index contributed by atoms with van der Waals surface area (Å²) in [4.78, 5) is 20.6. The smallest absolute Gasteiger partial charge is 0.353 e. The Kier molecular flexibility index (Phi) is 5.20. The highest BCUT2D eigenvalue weighted by Crippen LogP contribution is 2.29. The maximum Gasteiger partial charge on any atom is 0.353 e. The largest absolute Gasteiger partial charge is 0.367 e. The second-order valence-electron chi connectivity index (χ2n) is 5.68. The van der Waals surface area contributed by atoms with E-state index < -0.39 is 4.92 Å². The average molecular weight is 282 g/mol. The molecule has 0 amide bonds. The molecule has 1 aromatic heterocycles. The Balaban J connectivity index is 2.90. The van der Waals surface area contributed by atoms with Crippen molar-refractivity contribution >= 4 is 17.3 Å². The van der Waals surface area contributed by atoms with E-state index in [0.29, 0.717) is 6.54 Å². The van der Waals surface area contributed by atoms with E-state index in [1.54, 1.807) is 7.05 Å². The van der Waals surface area contributed by atoms with Gasteiger partial charge in [-0.3, -0.25) is 10.1 Å². The van der Waals surface area contributed by atoms with Crippen LogP contribution >= 0.6 is 0 Å². The Morgan fingerprint density at radius 2 is 1.95 bits per heavy atom. The van der Waals surface area contributed by atoms with Crippen LogP contribution in [0.4, 0.5) is 17.3 Å². The maximum atomic E-state index is 11.1. The molecular formula is C12H22N6O2. The lowest BCUT2D eigenvalue weighted by molar-refractivity contribution is -0.383. The summed E-state index contributed by atoms with van der Waals surface area (Å²) in [6, 6.07) is 0. The summed E-state index contributed by atoms with van der Waals surface area (Å²) in [6.07, 6.45) is 1.31. The first-order chi connectivity index (χ1) is 9.26. The zero-order valence-electron chi connectivity index (χ0n) is 12.6. The van der Waals surface area contributed by atoms with Gasteiger partial charge in [0, 0.05) is 20.1 Å². The fraction of sp³-hybridized carbons (Fsp3) is 0.667. The molecule has 0 radical (unpaired) electrons. The summed E-state index contributed by atoms with van der Waals surface area (Å²) in [5, 5.41) is 16.9. The van der Waals surface area contributed by atoms with Crippen molar-refractivity contribution in [1.82, 2.24) is 14.9 Å². The molecule has 20 heavy (non-hydrogen) atoms. The minimum atomic E-state index is -0.479. The molecule has 0 aromatic carbocycles. The van der Waals surface area contributed by atoms with Crippen LogP contribution < -0.4 is 10.6 Å². The van der Waals surface area contributed by atoms with E-state index in [1.807, 2.05) is 14.1 Å². The van der Waals surface area contributed by atoms with Gasteiger partial charge in [-0.2, -0.15) is 0 Å². The van der Waals surface area contributed by atoms with Gasteiger partial charge >= 0.3 is 5.69 Å². The molecule has 0 saturated carbocycles. The number of hydrogen-bond acceptors (Lipinski definition) is 7. The van der Waals surface area contributed by atoms with Crippen molar-refractivity contribution in [1.29, 1.82) is 0 Å². The standard InChI is InChI=1S/C12H22N6O2/c1-12(2,7-17(4)5)6-14-11-9(18(19)20)10(13-3)15-8-16-11/h8H,6-7H2,1-5H3,(H2,13,14,15,16). The predicted octanol–water partition coefficient (Wildman–Crippen LogP) is 1.43. The number of aromatic nitrogens is 2. The highest BCUT2D eigenvalue weighted by Gasteiger charge is 2.25. The topological polar surface area (TPSA) is 96.2 Å². The third-order valence-corrected chi connectivity index (χ3v) is 2.72. The molecule has 0 aliphatic carbocycles. The monoisotopic (exact) mass is 282 g/mol. The third-order valence-electron chi connectivity index (χ3n) is 2.72. The number of nitrogens with zero attached hydrogens (tertiary/aromatic N) is 4. The number of rotatable bonds is 7. The quantitative estimate of drug-likeness (QED) is 0.576. The van der Waals surface area contributed by atoms with Crippen LogP contribution in [-0.2, 0) is 0 Å². The van der Waals surface area contributed by atoms with Crippen LogP contribution in [0.2, 0.25) is 0 Å². The first-order valence-electron chi connectivity index (χ1n) is 6.32. The zero-order valence-corrected chi connectivity index (χ0v) is 12.6. The lowest BCUT2D eigenvalue weighted by Gasteiger charge is -2.28. The van der Waals surface area contributed by atoms with Gasteiger partial charge in [0.2, 0.25) is 11.6 Å². The average Bonchev–Trinajstić information content (AvgIpc) is 2.34. The van der Waals surface area contributed by atoms with Gasteiger partial charge in [0.15, 0.2) is 0 Å². The molecule has 0 aliphatic rings. The van der Waals surface area contributed by atoms with Crippen LogP contribution in [0.3, 0.4) is 0 Å². The summed E-state index contributed by atoms with van der Waals surface area (Å²) in [5.74, 6) is 0.444. The van der Waals surface area contributed by atoms with Gasteiger partial charge < -0.3 is 15.5 Å². The Morgan fingerprint density at radius 1 is 1.35 bits per heavy atom. The number of hydrogen-bond donors (Lipinski definition) is 2. The summed E-state index contributed by atoms with van der Waals surface area (Å²) in [6.45, 7) is 5.61. The molecule has 1 aromatic rings. The fourth-order valence-corrected chi connectivity index (χ4v) is 2.10. The molecule has 1 rings (SSSR count). The van der Waals surface area contributed by atoms with Gasteiger partial charge in [-0.25, -0.2) is 9.97 Å². The Hall–Kier alpha value is -1.96. The maximum absolute atomic E-state index is 11.1. The first kappa shape index (κ1) is 16.1. The molecule has 112 valence electrons. The van der Waals surface area contributed by atoms with Gasteiger partial charge in [0.25, 0.3) is 0 Å². The van der Waals surface area contributed by atoms with Gasteiger partial charge in [-0.1, -0.05) is 13.8 Å². The van der Waals surface area contributed by atoms with E-state index >= 15 is 0 Å². The summed E-state index contributed by atoms with van der Waals surface area (Å²) < 4.78 is 0. The van der Waals surface area contributed by atoms with E-state index in [1.165, 1.54) is 6.33 Å². The van der Waals surface area contributed by atoms with Crippen molar-refractivity contribution in [2.75, 3.05) is 44.9 Å². The number of anilines is 2. The van der Waals surface area contributed by atoms with E-state index in [-0.39, 0.29) is 22.7 Å². The van der Waals surface area contributed by atoms with Crippen LogP contribution in [0.1, 0.15) is 13.8 Å². The Morgan fingerprint density at radius 3 is 2.45 bits per heavy atom. The molecule has 0 saturated heterocycles. The van der Waals surface area contributed by atoms with Crippen LogP contribution in [0, 0.1) is 15.5 Å². The molecule has 1 heterocycles. The van der Waals surface area contributed by atoms with Crippen molar-refractivity contribution in [2.24, 2.45) is 5.41 Å². The van der Waals surface area contributed by atoms with Crippen LogP contribution in [0.25, 0.3) is 0 Å². The van der Waals surface area contributed by atoms with Crippen molar-refractivity contribution in [3.63, 3.8) is 0 Å². The molecular weight excluding hydrogens is 260 g/mol. The van der Waals surface area contributed by atoms with Crippen molar-refractivity contribution < 1.29 is 4.92 Å². The Bertz CT molecular complexity index is 475. The number of nitro groups is 1. The number of nitrogens with one attached hydrogen (secondary N) is 2. The van der Waals surface area contributed by atoms with Crippen LogP contribution in [0.15, 0.2) is 6.33 Å². The highest BCUT2D eigenvalue weighted by atomic mass is 16.6. The van der Waals surface area contributed by atoms with E-state index in [9.17, 15) is 10.1 Å². The molecule has 0 bridgehead atoms. The molecule has 0 unspecified atom stereocenters. The second-order valence-corrected chi connectivity index (χ2v) is 5.68. The molecule has 0 aliphatic heterocycles. The summed E-state index contributed by atoms with van der Waals surface area (Å²) in [5.41, 5.74) is -0.169. The first-order valence-corrected chi connectivity index (χ1v) is 6.32. The Labute approximate surface area is 118 Å². The van der Waals surface area contributed by atoms with E-state index in [4.69, 9.17) is 0 Å². The zero-order chi connectivity index (χ0) is 15.3. The van der Waals surface area contributed by atoms with Gasteiger partial charge in [-0.05, 0) is 19.5 Å². The van der Waals surface area contributed by atoms with Crippen LogP contribution in [0.5, 0.6) is 0 Å². The lowest BCUT2D eigenvalue weighted by atomic mass is 9.93. The van der Waals surface area contributed by atoms with E-state index in [2.05, 4.69) is 39.3 Å². The van der Waals surface area contributed by atoms with E-state index in [0.717, 1.165) is 6.54 Å². The molecule has 8 heteroatoms.